The van der Waals surface area contributed by atoms with E-state index < -0.39 is 5.97 Å². The molecule has 1 aromatic carbocycles. The minimum absolute atomic E-state index is 0.723. The Hall–Kier alpha value is -2.62. The van der Waals surface area contributed by atoms with Crippen LogP contribution in [0.5, 0.6) is 0 Å². The average molecular weight is 268 g/mol. The number of aromatic nitrogens is 2. The van der Waals surface area contributed by atoms with Crippen LogP contribution in [0, 0.1) is 0 Å². The molecule has 4 heteroatoms. The summed E-state index contributed by atoms with van der Waals surface area (Å²) in [5, 5.41) is 8.57. The van der Waals surface area contributed by atoms with E-state index in [2.05, 4.69) is 9.97 Å². The van der Waals surface area contributed by atoms with Crippen LogP contribution in [-0.2, 0) is 11.2 Å². The lowest BCUT2D eigenvalue weighted by Gasteiger charge is -1.99. The lowest BCUT2D eigenvalue weighted by molar-refractivity contribution is -0.131. The van der Waals surface area contributed by atoms with Gasteiger partial charge < -0.3 is 10.1 Å². The van der Waals surface area contributed by atoms with E-state index in [9.17, 15) is 4.79 Å². The Labute approximate surface area is 117 Å². The summed E-state index contributed by atoms with van der Waals surface area (Å²) < 4.78 is 0. The van der Waals surface area contributed by atoms with Crippen molar-refractivity contribution < 1.29 is 9.90 Å². The monoisotopic (exact) mass is 268 g/mol. The fourth-order valence-electron chi connectivity index (χ4n) is 1.84. The molecule has 0 radical (unpaired) electrons. The summed E-state index contributed by atoms with van der Waals surface area (Å²) in [6.07, 6.45) is 9.16. The number of hydrogen-bond acceptors (Lipinski definition) is 2. The highest BCUT2D eigenvalue weighted by Crippen LogP contribution is 2.10. The van der Waals surface area contributed by atoms with Crippen molar-refractivity contribution >= 4 is 18.1 Å². The van der Waals surface area contributed by atoms with Crippen molar-refractivity contribution in [3.63, 3.8) is 0 Å². The first kappa shape index (κ1) is 13.8. The van der Waals surface area contributed by atoms with E-state index in [0.29, 0.717) is 0 Å². The molecule has 1 heterocycles. The minimum atomic E-state index is -0.943. The van der Waals surface area contributed by atoms with Crippen molar-refractivity contribution in [2.45, 2.75) is 13.3 Å². The van der Waals surface area contributed by atoms with Crippen molar-refractivity contribution in [2.24, 2.45) is 0 Å². The van der Waals surface area contributed by atoms with Crippen LogP contribution in [-0.4, -0.2) is 21.0 Å². The van der Waals surface area contributed by atoms with Crippen molar-refractivity contribution in [3.8, 4) is 0 Å². The number of rotatable bonds is 5. The van der Waals surface area contributed by atoms with Crippen LogP contribution >= 0.6 is 0 Å². The molecule has 0 amide bonds. The Morgan fingerprint density at radius 1 is 1.30 bits per heavy atom. The Balaban J connectivity index is 2.04. The summed E-state index contributed by atoms with van der Waals surface area (Å²) in [4.78, 5) is 18.0. The maximum Gasteiger partial charge on any atom is 0.328 e. The van der Waals surface area contributed by atoms with Crippen LogP contribution in [0.25, 0.3) is 12.2 Å². The molecule has 0 unspecified atom stereocenters. The van der Waals surface area contributed by atoms with Gasteiger partial charge in [0.05, 0.1) is 11.9 Å². The summed E-state index contributed by atoms with van der Waals surface area (Å²) in [7, 11) is 0. The smallest absolute Gasteiger partial charge is 0.328 e. The molecule has 20 heavy (non-hydrogen) atoms. The maximum absolute atomic E-state index is 10.4. The summed E-state index contributed by atoms with van der Waals surface area (Å²) in [6, 6.07) is 7.73. The van der Waals surface area contributed by atoms with E-state index in [-0.39, 0.29) is 0 Å². The molecule has 0 saturated carbocycles. The molecule has 4 nitrogen and oxygen atoms in total. The fourth-order valence-corrected chi connectivity index (χ4v) is 1.84. The Morgan fingerprint density at radius 3 is 2.70 bits per heavy atom. The highest BCUT2D eigenvalue weighted by molar-refractivity contribution is 5.85. The number of nitrogens with zero attached hydrogens (tertiary/aromatic N) is 1. The third-order valence-corrected chi connectivity index (χ3v) is 2.76. The number of imidazole rings is 1. The predicted octanol–water partition coefficient (Wildman–Crippen LogP) is 3.13. The van der Waals surface area contributed by atoms with Gasteiger partial charge in [0.15, 0.2) is 0 Å². The van der Waals surface area contributed by atoms with Crippen LogP contribution in [0.2, 0.25) is 0 Å². The number of carbonyl (C=O) groups is 1. The van der Waals surface area contributed by atoms with Gasteiger partial charge in [-0.1, -0.05) is 30.3 Å². The van der Waals surface area contributed by atoms with Gasteiger partial charge in [0.2, 0.25) is 0 Å². The van der Waals surface area contributed by atoms with E-state index in [1.54, 1.807) is 12.3 Å². The standard InChI is InChI=1S/C16H16N2O2/c1-2-3-14-11-17-15(18-14)10-13-6-4-12(5-7-13)8-9-16(19)20/h2-9,11H,10H2,1H3,(H,17,18)(H,19,20)/b3-2+,9-8+. The fraction of sp³-hybridized carbons (Fsp3) is 0.125. The number of carboxylic acids is 1. The van der Waals surface area contributed by atoms with E-state index in [1.165, 1.54) is 0 Å². The summed E-state index contributed by atoms with van der Waals surface area (Å²) in [5.74, 6) is -0.0342. The number of aliphatic carboxylic acids is 1. The molecule has 2 aromatic rings. The second-order valence-corrected chi connectivity index (χ2v) is 4.38. The molecule has 0 atom stereocenters. The van der Waals surface area contributed by atoms with Gasteiger partial charge in [-0.05, 0) is 30.2 Å². The number of benzene rings is 1. The molecule has 102 valence electrons. The van der Waals surface area contributed by atoms with E-state index in [0.717, 1.165) is 35.1 Å². The Kier molecular flexibility index (Phi) is 4.50. The van der Waals surface area contributed by atoms with Gasteiger partial charge >= 0.3 is 5.97 Å². The Morgan fingerprint density at radius 2 is 2.05 bits per heavy atom. The molecule has 0 aliphatic rings. The van der Waals surface area contributed by atoms with Gasteiger partial charge in [0.25, 0.3) is 0 Å². The van der Waals surface area contributed by atoms with E-state index in [1.807, 2.05) is 43.3 Å². The first-order chi connectivity index (χ1) is 9.67. The van der Waals surface area contributed by atoms with Crippen molar-refractivity contribution in [3.05, 3.63) is 65.3 Å². The van der Waals surface area contributed by atoms with Gasteiger partial charge in [-0.2, -0.15) is 0 Å². The Bertz CT molecular complexity index is 637. The molecule has 1 aromatic heterocycles. The van der Waals surface area contributed by atoms with Gasteiger partial charge in [-0.25, -0.2) is 9.78 Å². The van der Waals surface area contributed by atoms with Gasteiger partial charge in [-0.3, -0.25) is 0 Å². The predicted molar refractivity (Wildman–Crippen MR) is 79.2 cm³/mol. The van der Waals surface area contributed by atoms with Crippen LogP contribution in [0.4, 0.5) is 0 Å². The lowest BCUT2D eigenvalue weighted by atomic mass is 10.1. The van der Waals surface area contributed by atoms with Gasteiger partial charge in [0.1, 0.15) is 5.82 Å². The maximum atomic E-state index is 10.4. The van der Waals surface area contributed by atoms with E-state index >= 15 is 0 Å². The number of carboxylic acid groups (broad SMARTS) is 1. The average Bonchev–Trinajstić information content (AvgIpc) is 2.86. The van der Waals surface area contributed by atoms with Crippen LogP contribution in [0.15, 0.2) is 42.6 Å². The zero-order valence-corrected chi connectivity index (χ0v) is 11.2. The molecule has 0 fully saturated rings. The largest absolute Gasteiger partial charge is 0.478 e. The number of nitrogens with one attached hydrogen (secondary N) is 1. The van der Waals surface area contributed by atoms with Gasteiger partial charge in [0, 0.05) is 12.5 Å². The summed E-state index contributed by atoms with van der Waals surface area (Å²) in [6.45, 7) is 1.96. The van der Waals surface area contributed by atoms with Crippen molar-refractivity contribution in [2.75, 3.05) is 0 Å². The molecular formula is C16H16N2O2. The van der Waals surface area contributed by atoms with Crippen LogP contribution < -0.4 is 0 Å². The molecule has 2 rings (SSSR count). The first-order valence-electron chi connectivity index (χ1n) is 6.34. The minimum Gasteiger partial charge on any atom is -0.478 e. The molecule has 0 spiro atoms. The highest BCUT2D eigenvalue weighted by Gasteiger charge is 2.00. The van der Waals surface area contributed by atoms with Crippen LogP contribution in [0.3, 0.4) is 0 Å². The molecule has 0 saturated heterocycles. The topological polar surface area (TPSA) is 66.0 Å². The number of H-pyrrole nitrogens is 1. The molecule has 0 bridgehead atoms. The van der Waals surface area contributed by atoms with Crippen molar-refractivity contribution in [1.29, 1.82) is 0 Å². The molecular weight excluding hydrogens is 252 g/mol. The molecule has 0 aliphatic heterocycles. The molecule has 2 N–H and O–H groups in total. The SMILES string of the molecule is C/C=C/c1cnc(Cc2ccc(/C=C/C(=O)O)cc2)[nH]1. The quantitative estimate of drug-likeness (QED) is 0.819. The van der Waals surface area contributed by atoms with Crippen LogP contribution in [0.1, 0.15) is 29.6 Å². The third kappa shape index (κ3) is 3.95. The summed E-state index contributed by atoms with van der Waals surface area (Å²) >= 11 is 0. The second-order valence-electron chi connectivity index (χ2n) is 4.38. The highest BCUT2D eigenvalue weighted by atomic mass is 16.4. The lowest BCUT2D eigenvalue weighted by Crippen LogP contribution is -1.91. The summed E-state index contributed by atoms with van der Waals surface area (Å²) in [5.41, 5.74) is 2.98. The first-order valence-corrected chi connectivity index (χ1v) is 6.34. The third-order valence-electron chi connectivity index (χ3n) is 2.76. The zero-order chi connectivity index (χ0) is 14.4. The van der Waals surface area contributed by atoms with E-state index in [4.69, 9.17) is 5.11 Å². The number of aromatic amines is 1. The molecule has 0 aliphatic carbocycles. The number of hydrogen-bond donors (Lipinski definition) is 2. The normalized spacial score (nSPS) is 11.4. The second kappa shape index (κ2) is 6.52. The number of allylic oxidation sites excluding steroid dienone is 1. The van der Waals surface area contributed by atoms with Crippen molar-refractivity contribution in [1.82, 2.24) is 9.97 Å². The van der Waals surface area contributed by atoms with Gasteiger partial charge in [-0.15, -0.1) is 0 Å². The zero-order valence-electron chi connectivity index (χ0n) is 11.2.